The fraction of sp³-hybridized carbons (Fsp3) is 0.0909. The van der Waals surface area contributed by atoms with Crippen LogP contribution in [0.25, 0.3) is 0 Å². The number of hydrogen-bond donors (Lipinski definition) is 2. The molecule has 2 aromatic heterocycles. The lowest BCUT2D eigenvalue weighted by atomic mass is 10.3. The number of anilines is 1. The van der Waals surface area contributed by atoms with Gasteiger partial charge >= 0.3 is 5.97 Å². The monoisotopic (exact) mass is 230 g/mol. The number of hydrogen-bond acceptors (Lipinski definition) is 5. The van der Waals surface area contributed by atoms with Crippen LogP contribution in [0.2, 0.25) is 0 Å². The number of carbonyl (C=O) groups is 1. The Morgan fingerprint density at radius 3 is 2.94 bits per heavy atom. The van der Waals surface area contributed by atoms with Crippen LogP contribution in [0.15, 0.2) is 36.7 Å². The van der Waals surface area contributed by atoms with E-state index in [-0.39, 0.29) is 5.69 Å². The van der Waals surface area contributed by atoms with Crippen molar-refractivity contribution in [3.05, 3.63) is 48.0 Å². The molecule has 0 aliphatic carbocycles. The van der Waals surface area contributed by atoms with Crippen LogP contribution in [-0.2, 0) is 6.54 Å². The van der Waals surface area contributed by atoms with E-state index in [0.29, 0.717) is 12.2 Å². The van der Waals surface area contributed by atoms with Gasteiger partial charge in [-0.3, -0.25) is 0 Å². The Hall–Kier alpha value is -2.50. The van der Waals surface area contributed by atoms with E-state index in [1.165, 1.54) is 12.3 Å². The van der Waals surface area contributed by atoms with Gasteiger partial charge in [0.1, 0.15) is 5.69 Å². The van der Waals surface area contributed by atoms with E-state index in [2.05, 4.69) is 20.5 Å². The third kappa shape index (κ3) is 2.97. The minimum absolute atomic E-state index is 0.00847. The second-order valence-electron chi connectivity index (χ2n) is 3.30. The normalized spacial score (nSPS) is 9.88. The van der Waals surface area contributed by atoms with Crippen molar-refractivity contribution >= 4 is 11.7 Å². The number of aromatic nitrogens is 3. The zero-order valence-corrected chi connectivity index (χ0v) is 8.87. The Morgan fingerprint density at radius 2 is 2.24 bits per heavy atom. The third-order valence-electron chi connectivity index (χ3n) is 2.08. The molecule has 0 unspecified atom stereocenters. The Morgan fingerprint density at radius 1 is 1.35 bits per heavy atom. The summed E-state index contributed by atoms with van der Waals surface area (Å²) in [6.45, 7) is 0.483. The summed E-state index contributed by atoms with van der Waals surface area (Å²) in [5.74, 6) is -1.05. The van der Waals surface area contributed by atoms with Gasteiger partial charge in [-0.05, 0) is 24.3 Å². The molecule has 0 atom stereocenters. The topological polar surface area (TPSA) is 88.0 Å². The maximum Gasteiger partial charge on any atom is 0.354 e. The maximum atomic E-state index is 10.7. The summed E-state index contributed by atoms with van der Waals surface area (Å²) in [4.78, 5) is 14.4. The van der Waals surface area contributed by atoms with Crippen LogP contribution in [0.3, 0.4) is 0 Å². The number of nitrogens with zero attached hydrogens (tertiary/aromatic N) is 3. The van der Waals surface area contributed by atoms with Crippen LogP contribution < -0.4 is 5.32 Å². The predicted molar refractivity (Wildman–Crippen MR) is 60.6 cm³/mol. The van der Waals surface area contributed by atoms with Crippen LogP contribution in [0, 0.1) is 0 Å². The van der Waals surface area contributed by atoms with Crippen molar-refractivity contribution < 1.29 is 9.90 Å². The summed E-state index contributed by atoms with van der Waals surface area (Å²) in [7, 11) is 0. The number of aromatic carboxylic acids is 1. The Balaban J connectivity index is 2.04. The van der Waals surface area contributed by atoms with Crippen molar-refractivity contribution in [3.8, 4) is 0 Å². The third-order valence-corrected chi connectivity index (χ3v) is 2.08. The molecule has 2 aromatic rings. The van der Waals surface area contributed by atoms with Crippen LogP contribution in [0.1, 0.15) is 16.2 Å². The molecule has 0 saturated carbocycles. The molecule has 6 heteroatoms. The van der Waals surface area contributed by atoms with E-state index < -0.39 is 5.97 Å². The van der Waals surface area contributed by atoms with Gasteiger partial charge in [-0.15, -0.1) is 0 Å². The van der Waals surface area contributed by atoms with Crippen molar-refractivity contribution in [2.24, 2.45) is 0 Å². The summed E-state index contributed by atoms with van der Waals surface area (Å²) < 4.78 is 0. The number of carboxylic acids is 1. The predicted octanol–water partition coefficient (Wildman–Crippen LogP) is 1.18. The fourth-order valence-corrected chi connectivity index (χ4v) is 1.28. The first-order valence-electron chi connectivity index (χ1n) is 4.95. The van der Waals surface area contributed by atoms with Gasteiger partial charge in [0, 0.05) is 18.1 Å². The Kier molecular flexibility index (Phi) is 3.25. The van der Waals surface area contributed by atoms with Gasteiger partial charge in [0.2, 0.25) is 0 Å². The smallest absolute Gasteiger partial charge is 0.354 e. The molecule has 0 bridgehead atoms. The molecule has 0 radical (unpaired) electrons. The Labute approximate surface area is 97.4 Å². The van der Waals surface area contributed by atoms with Crippen molar-refractivity contribution in [3.63, 3.8) is 0 Å². The van der Waals surface area contributed by atoms with E-state index in [1.54, 1.807) is 18.3 Å². The van der Waals surface area contributed by atoms with Gasteiger partial charge in [0.25, 0.3) is 0 Å². The van der Waals surface area contributed by atoms with Gasteiger partial charge in [-0.2, -0.15) is 10.2 Å². The Bertz CT molecular complexity index is 516. The number of carboxylic acid groups (broad SMARTS) is 1. The molecule has 2 rings (SSSR count). The van der Waals surface area contributed by atoms with Crippen molar-refractivity contribution in [1.29, 1.82) is 0 Å². The highest BCUT2D eigenvalue weighted by Crippen LogP contribution is 2.09. The minimum atomic E-state index is -1.05. The first kappa shape index (κ1) is 11.0. The molecule has 86 valence electrons. The summed E-state index contributed by atoms with van der Waals surface area (Å²) >= 11 is 0. The molecule has 0 aliphatic rings. The van der Waals surface area contributed by atoms with E-state index in [0.717, 1.165) is 5.69 Å². The lowest BCUT2D eigenvalue weighted by molar-refractivity contribution is 0.0690. The molecule has 0 aromatic carbocycles. The molecule has 0 amide bonds. The first-order valence-corrected chi connectivity index (χ1v) is 4.95. The van der Waals surface area contributed by atoms with Crippen LogP contribution in [0.4, 0.5) is 5.69 Å². The molecule has 0 saturated heterocycles. The van der Waals surface area contributed by atoms with E-state index in [1.807, 2.05) is 6.07 Å². The SMILES string of the molecule is O=C(O)c1cc(NCc2cccnn2)ccn1. The average molecular weight is 230 g/mol. The number of pyridine rings is 1. The highest BCUT2D eigenvalue weighted by Gasteiger charge is 2.04. The molecule has 0 fully saturated rings. The summed E-state index contributed by atoms with van der Waals surface area (Å²) in [6.07, 6.45) is 3.04. The van der Waals surface area contributed by atoms with Gasteiger partial charge in [-0.25, -0.2) is 9.78 Å². The average Bonchev–Trinajstić information content (AvgIpc) is 2.38. The molecule has 0 spiro atoms. The van der Waals surface area contributed by atoms with Crippen molar-refractivity contribution in [1.82, 2.24) is 15.2 Å². The summed E-state index contributed by atoms with van der Waals surface area (Å²) in [5, 5.41) is 19.5. The highest BCUT2D eigenvalue weighted by atomic mass is 16.4. The second kappa shape index (κ2) is 5.02. The van der Waals surface area contributed by atoms with Crippen LogP contribution in [0.5, 0.6) is 0 Å². The quantitative estimate of drug-likeness (QED) is 0.820. The number of nitrogens with one attached hydrogen (secondary N) is 1. The van der Waals surface area contributed by atoms with Gasteiger partial charge < -0.3 is 10.4 Å². The lowest BCUT2D eigenvalue weighted by Gasteiger charge is -2.05. The van der Waals surface area contributed by atoms with E-state index in [4.69, 9.17) is 5.11 Å². The van der Waals surface area contributed by atoms with Gasteiger partial charge in [0.15, 0.2) is 0 Å². The molecule has 2 heterocycles. The molecular weight excluding hydrogens is 220 g/mol. The molecule has 17 heavy (non-hydrogen) atoms. The van der Waals surface area contributed by atoms with E-state index in [9.17, 15) is 4.79 Å². The highest BCUT2D eigenvalue weighted by molar-refractivity contribution is 5.86. The zero-order chi connectivity index (χ0) is 12.1. The fourth-order valence-electron chi connectivity index (χ4n) is 1.28. The number of rotatable bonds is 4. The largest absolute Gasteiger partial charge is 0.477 e. The van der Waals surface area contributed by atoms with Crippen molar-refractivity contribution in [2.45, 2.75) is 6.54 Å². The van der Waals surface area contributed by atoms with Gasteiger partial charge in [-0.1, -0.05) is 0 Å². The van der Waals surface area contributed by atoms with E-state index >= 15 is 0 Å². The summed E-state index contributed by atoms with van der Waals surface area (Å²) in [5.41, 5.74) is 1.47. The lowest BCUT2D eigenvalue weighted by Crippen LogP contribution is -2.05. The van der Waals surface area contributed by atoms with Crippen LogP contribution >= 0.6 is 0 Å². The van der Waals surface area contributed by atoms with Gasteiger partial charge in [0.05, 0.1) is 12.2 Å². The molecule has 2 N–H and O–H groups in total. The minimum Gasteiger partial charge on any atom is -0.477 e. The standard InChI is InChI=1S/C11H10N4O2/c16-11(17)10-6-8(3-5-12-10)13-7-9-2-1-4-14-15-9/h1-6H,7H2,(H,12,13)(H,16,17). The molecular formula is C11H10N4O2. The second-order valence-corrected chi connectivity index (χ2v) is 3.30. The van der Waals surface area contributed by atoms with Crippen LogP contribution in [-0.4, -0.2) is 26.3 Å². The first-order chi connectivity index (χ1) is 8.25. The maximum absolute atomic E-state index is 10.7. The molecule has 6 nitrogen and oxygen atoms in total. The van der Waals surface area contributed by atoms with Crippen molar-refractivity contribution in [2.75, 3.05) is 5.32 Å². The zero-order valence-electron chi connectivity index (χ0n) is 8.87. The summed E-state index contributed by atoms with van der Waals surface area (Å²) in [6, 6.07) is 6.79. The molecule has 0 aliphatic heterocycles.